The van der Waals surface area contributed by atoms with Crippen LogP contribution < -0.4 is 11.1 Å². The monoisotopic (exact) mass is 207 g/mol. The summed E-state index contributed by atoms with van der Waals surface area (Å²) in [5, 5.41) is 3.31. The molecule has 3 N–H and O–H groups in total. The maximum Gasteiger partial charge on any atom is 0.0547 e. The summed E-state index contributed by atoms with van der Waals surface area (Å²) in [6.45, 7) is 2.79. The number of aromatic nitrogens is 1. The van der Waals surface area contributed by atoms with Gasteiger partial charge in [0.05, 0.1) is 17.6 Å². The van der Waals surface area contributed by atoms with E-state index in [2.05, 4.69) is 10.3 Å². The Morgan fingerprint density at radius 2 is 2.47 bits per heavy atom. The van der Waals surface area contributed by atoms with E-state index in [9.17, 15) is 0 Å². The number of nitrogens with two attached hydrogens (primary N) is 1. The van der Waals surface area contributed by atoms with Crippen molar-refractivity contribution in [1.29, 1.82) is 0 Å². The lowest BCUT2D eigenvalue weighted by Gasteiger charge is -2.09. The van der Waals surface area contributed by atoms with Gasteiger partial charge in [0.2, 0.25) is 0 Å². The molecular weight excluding hydrogens is 190 g/mol. The fourth-order valence-electron chi connectivity index (χ4n) is 1.79. The van der Waals surface area contributed by atoms with Crippen molar-refractivity contribution in [3.8, 4) is 0 Å². The summed E-state index contributed by atoms with van der Waals surface area (Å²) in [5.41, 5.74) is 7.32. The van der Waals surface area contributed by atoms with E-state index in [1.165, 1.54) is 6.42 Å². The molecule has 2 heterocycles. The zero-order chi connectivity index (χ0) is 10.5. The average Bonchev–Trinajstić information content (AvgIpc) is 2.71. The first-order chi connectivity index (χ1) is 7.34. The molecule has 2 rings (SSSR count). The molecule has 1 aromatic heterocycles. The fourth-order valence-corrected chi connectivity index (χ4v) is 1.79. The van der Waals surface area contributed by atoms with Crippen molar-refractivity contribution in [3.05, 3.63) is 18.5 Å². The molecular formula is C11H17N3O. The molecule has 4 nitrogen and oxygen atoms in total. The predicted octanol–water partition coefficient (Wildman–Crippen LogP) is 1.50. The van der Waals surface area contributed by atoms with Crippen LogP contribution in [0, 0.1) is 5.92 Å². The lowest BCUT2D eigenvalue weighted by atomic mass is 10.1. The highest BCUT2D eigenvalue weighted by Gasteiger charge is 2.14. The third kappa shape index (κ3) is 3.09. The first-order valence-electron chi connectivity index (χ1n) is 5.37. The second-order valence-corrected chi connectivity index (χ2v) is 3.95. The Balaban J connectivity index is 1.73. The largest absolute Gasteiger partial charge is 0.397 e. The first kappa shape index (κ1) is 10.2. The average molecular weight is 207 g/mol. The Hall–Kier alpha value is -1.29. The Kier molecular flexibility index (Phi) is 3.40. The molecule has 0 aromatic carbocycles. The minimum atomic E-state index is 0.698. The molecule has 0 bridgehead atoms. The van der Waals surface area contributed by atoms with Gasteiger partial charge in [-0.1, -0.05) is 0 Å². The van der Waals surface area contributed by atoms with E-state index >= 15 is 0 Å². The molecule has 1 saturated heterocycles. The molecule has 1 aliphatic rings. The molecule has 0 aliphatic carbocycles. The van der Waals surface area contributed by atoms with Crippen LogP contribution in [0.3, 0.4) is 0 Å². The molecule has 1 unspecified atom stereocenters. The quantitative estimate of drug-likeness (QED) is 0.785. The molecule has 1 aliphatic heterocycles. The highest BCUT2D eigenvalue weighted by atomic mass is 16.5. The van der Waals surface area contributed by atoms with E-state index in [1.807, 2.05) is 6.07 Å². The van der Waals surface area contributed by atoms with E-state index in [0.29, 0.717) is 11.6 Å². The standard InChI is InChI=1S/C11H17N3O/c12-10-5-11(7-13-6-10)14-3-1-9-2-4-15-8-9/h5-7,9,14H,1-4,8,12H2. The van der Waals surface area contributed by atoms with Crippen LogP contribution in [-0.4, -0.2) is 24.7 Å². The van der Waals surface area contributed by atoms with E-state index in [0.717, 1.165) is 31.9 Å². The molecule has 1 fully saturated rings. The minimum absolute atomic E-state index is 0.698. The zero-order valence-electron chi connectivity index (χ0n) is 8.78. The van der Waals surface area contributed by atoms with Crippen molar-refractivity contribution >= 4 is 11.4 Å². The third-order valence-electron chi connectivity index (χ3n) is 2.67. The summed E-state index contributed by atoms with van der Waals surface area (Å²) in [6.07, 6.45) is 5.78. The van der Waals surface area contributed by atoms with Crippen LogP contribution in [0.4, 0.5) is 11.4 Å². The van der Waals surface area contributed by atoms with Crippen molar-refractivity contribution in [3.63, 3.8) is 0 Å². The SMILES string of the molecule is Nc1cncc(NCCC2CCOC2)c1. The number of anilines is 2. The van der Waals surface area contributed by atoms with Gasteiger partial charge in [0.15, 0.2) is 0 Å². The molecule has 82 valence electrons. The number of ether oxygens (including phenoxy) is 1. The number of nitrogens with zero attached hydrogens (tertiary/aromatic N) is 1. The highest BCUT2D eigenvalue weighted by molar-refractivity contribution is 5.51. The summed E-state index contributed by atoms with van der Waals surface area (Å²) in [6, 6.07) is 1.90. The smallest absolute Gasteiger partial charge is 0.0547 e. The van der Waals surface area contributed by atoms with Crippen LogP contribution in [0.15, 0.2) is 18.5 Å². The van der Waals surface area contributed by atoms with E-state index in [-0.39, 0.29) is 0 Å². The maximum absolute atomic E-state index is 5.63. The highest BCUT2D eigenvalue weighted by Crippen LogP contribution is 2.16. The van der Waals surface area contributed by atoms with Gasteiger partial charge in [-0.3, -0.25) is 4.98 Å². The van der Waals surface area contributed by atoms with Gasteiger partial charge < -0.3 is 15.8 Å². The van der Waals surface area contributed by atoms with Crippen LogP contribution in [0.1, 0.15) is 12.8 Å². The lowest BCUT2D eigenvalue weighted by Crippen LogP contribution is -2.09. The molecule has 1 atom stereocenters. The lowest BCUT2D eigenvalue weighted by molar-refractivity contribution is 0.185. The van der Waals surface area contributed by atoms with Gasteiger partial charge in [-0.25, -0.2) is 0 Å². The Bertz CT molecular complexity index is 310. The normalized spacial score (nSPS) is 20.4. The zero-order valence-corrected chi connectivity index (χ0v) is 8.78. The summed E-state index contributed by atoms with van der Waals surface area (Å²) in [4.78, 5) is 4.02. The number of hydrogen-bond donors (Lipinski definition) is 2. The second kappa shape index (κ2) is 4.98. The first-order valence-corrected chi connectivity index (χ1v) is 5.37. The van der Waals surface area contributed by atoms with Crippen molar-refractivity contribution in [1.82, 2.24) is 4.98 Å². The van der Waals surface area contributed by atoms with Gasteiger partial charge in [-0.2, -0.15) is 0 Å². The van der Waals surface area contributed by atoms with Crippen LogP contribution in [0.5, 0.6) is 0 Å². The third-order valence-corrected chi connectivity index (χ3v) is 2.67. The molecule has 0 spiro atoms. The van der Waals surface area contributed by atoms with Gasteiger partial charge >= 0.3 is 0 Å². The number of nitrogen functional groups attached to an aromatic ring is 1. The second-order valence-electron chi connectivity index (χ2n) is 3.95. The van der Waals surface area contributed by atoms with Gasteiger partial charge in [0.1, 0.15) is 0 Å². The van der Waals surface area contributed by atoms with E-state index < -0.39 is 0 Å². The molecule has 4 heteroatoms. The number of hydrogen-bond acceptors (Lipinski definition) is 4. The topological polar surface area (TPSA) is 60.2 Å². The minimum Gasteiger partial charge on any atom is -0.397 e. The molecule has 0 amide bonds. The number of nitrogens with one attached hydrogen (secondary N) is 1. The maximum atomic E-state index is 5.63. The van der Waals surface area contributed by atoms with Gasteiger partial charge in [0.25, 0.3) is 0 Å². The predicted molar refractivity (Wildman–Crippen MR) is 60.7 cm³/mol. The summed E-state index contributed by atoms with van der Waals surface area (Å²) in [7, 11) is 0. The summed E-state index contributed by atoms with van der Waals surface area (Å²) < 4.78 is 5.32. The number of pyridine rings is 1. The van der Waals surface area contributed by atoms with Crippen LogP contribution >= 0.6 is 0 Å². The van der Waals surface area contributed by atoms with Gasteiger partial charge in [0, 0.05) is 26.0 Å². The van der Waals surface area contributed by atoms with Gasteiger partial charge in [-0.05, 0) is 24.8 Å². The van der Waals surface area contributed by atoms with Crippen molar-refractivity contribution in [2.75, 3.05) is 30.8 Å². The molecule has 0 saturated carbocycles. The van der Waals surface area contributed by atoms with Crippen LogP contribution in [0.2, 0.25) is 0 Å². The van der Waals surface area contributed by atoms with Crippen molar-refractivity contribution < 1.29 is 4.74 Å². The summed E-state index contributed by atoms with van der Waals surface area (Å²) in [5.74, 6) is 0.714. The number of rotatable bonds is 4. The Morgan fingerprint density at radius 3 is 3.20 bits per heavy atom. The van der Waals surface area contributed by atoms with E-state index in [4.69, 9.17) is 10.5 Å². The van der Waals surface area contributed by atoms with Crippen molar-refractivity contribution in [2.45, 2.75) is 12.8 Å². The van der Waals surface area contributed by atoms with Crippen LogP contribution in [0.25, 0.3) is 0 Å². The molecule has 1 aromatic rings. The Morgan fingerprint density at radius 1 is 1.53 bits per heavy atom. The Labute approximate surface area is 89.8 Å². The van der Waals surface area contributed by atoms with E-state index in [1.54, 1.807) is 12.4 Å². The molecule has 15 heavy (non-hydrogen) atoms. The van der Waals surface area contributed by atoms with Crippen molar-refractivity contribution in [2.24, 2.45) is 5.92 Å². The van der Waals surface area contributed by atoms with Gasteiger partial charge in [-0.15, -0.1) is 0 Å². The van der Waals surface area contributed by atoms with Crippen LogP contribution in [-0.2, 0) is 4.74 Å². The fraction of sp³-hybridized carbons (Fsp3) is 0.545. The molecule has 0 radical (unpaired) electrons. The summed E-state index contributed by atoms with van der Waals surface area (Å²) >= 11 is 0.